The molecule has 18 heavy (non-hydrogen) atoms. The largest absolute Gasteiger partial charge is 0.871 e. The number of nitrogens with zero attached hydrogens (tertiary/aromatic N) is 3. The van der Waals surface area contributed by atoms with Gasteiger partial charge in [0, 0.05) is 34.4 Å². The number of halogens is 1. The molecule has 0 saturated heterocycles. The van der Waals surface area contributed by atoms with Crippen LogP contribution in [0, 0.1) is 10.1 Å². The molecule has 1 aromatic heterocycles. The van der Waals surface area contributed by atoms with E-state index in [1.807, 2.05) is 0 Å². The van der Waals surface area contributed by atoms with Gasteiger partial charge in [0.2, 0.25) is 5.13 Å². The van der Waals surface area contributed by atoms with E-state index in [0.717, 1.165) is 0 Å². The van der Waals surface area contributed by atoms with Crippen molar-refractivity contribution >= 4 is 44.3 Å². The average Bonchev–Trinajstić information content (AvgIpc) is 2.83. The van der Waals surface area contributed by atoms with E-state index in [0.29, 0.717) is 5.13 Å². The van der Waals surface area contributed by atoms with Crippen molar-refractivity contribution in [1.82, 2.24) is 4.98 Å². The highest BCUT2D eigenvalue weighted by atomic mass is 79.9. The fourth-order valence-electron chi connectivity index (χ4n) is 1.21. The number of benzene rings is 1. The number of nitro groups is 1. The summed E-state index contributed by atoms with van der Waals surface area (Å²) in [7, 11) is 0. The van der Waals surface area contributed by atoms with Crippen molar-refractivity contribution in [3.8, 4) is 5.75 Å². The molecule has 1 heterocycles. The Morgan fingerprint density at radius 1 is 1.50 bits per heavy atom. The van der Waals surface area contributed by atoms with Crippen molar-refractivity contribution in [3.05, 3.63) is 43.9 Å². The maximum Gasteiger partial charge on any atom is 0.271 e. The van der Waals surface area contributed by atoms with Crippen LogP contribution in [0.3, 0.4) is 0 Å². The summed E-state index contributed by atoms with van der Waals surface area (Å²) in [5.74, 6) is -0.346. The Labute approximate surface area is 114 Å². The minimum Gasteiger partial charge on any atom is -0.871 e. The molecule has 0 unspecified atom stereocenters. The fourth-order valence-corrected chi connectivity index (χ4v) is 2.15. The van der Waals surface area contributed by atoms with Crippen LogP contribution in [0.25, 0.3) is 0 Å². The molecule has 0 bridgehead atoms. The van der Waals surface area contributed by atoms with Gasteiger partial charge in [0.1, 0.15) is 0 Å². The summed E-state index contributed by atoms with van der Waals surface area (Å²) in [6.45, 7) is 0. The molecule has 0 amide bonds. The van der Waals surface area contributed by atoms with Crippen LogP contribution in [0.4, 0.5) is 10.8 Å². The molecule has 6 nitrogen and oxygen atoms in total. The first kappa shape index (κ1) is 12.7. The van der Waals surface area contributed by atoms with Gasteiger partial charge in [-0.25, -0.2) is 9.98 Å². The molecule has 2 rings (SSSR count). The van der Waals surface area contributed by atoms with Crippen LogP contribution in [0.5, 0.6) is 5.75 Å². The molecule has 0 fully saturated rings. The summed E-state index contributed by atoms with van der Waals surface area (Å²) in [6, 6.07) is 2.35. The smallest absolute Gasteiger partial charge is 0.271 e. The van der Waals surface area contributed by atoms with Crippen LogP contribution in [0.2, 0.25) is 0 Å². The summed E-state index contributed by atoms with van der Waals surface area (Å²) in [4.78, 5) is 18.0. The Balaban J connectivity index is 2.40. The summed E-state index contributed by atoms with van der Waals surface area (Å²) in [6.07, 6.45) is 2.86. The van der Waals surface area contributed by atoms with Crippen molar-refractivity contribution in [1.29, 1.82) is 0 Å². The minimum absolute atomic E-state index is 0.136. The summed E-state index contributed by atoms with van der Waals surface area (Å²) >= 11 is 4.30. The standard InChI is InChI=1S/C10H6BrN3O3S/c11-8-4-7(14(16)17)3-6(9(8)15)5-13-10-12-1-2-18-10/h1-5,15H/p-1. The lowest BCUT2D eigenvalue weighted by Crippen LogP contribution is -1.99. The molecule has 92 valence electrons. The predicted octanol–water partition coefficient (Wildman–Crippen LogP) is 2.64. The maximum atomic E-state index is 11.7. The first-order chi connectivity index (χ1) is 8.58. The van der Waals surface area contributed by atoms with Crippen molar-refractivity contribution < 1.29 is 10.0 Å². The first-order valence-corrected chi connectivity index (χ1v) is 6.33. The molecular weight excluding hydrogens is 322 g/mol. The van der Waals surface area contributed by atoms with Gasteiger partial charge in [0.15, 0.2) is 0 Å². The maximum absolute atomic E-state index is 11.7. The number of thiazole rings is 1. The van der Waals surface area contributed by atoms with Crippen LogP contribution in [0.15, 0.2) is 33.2 Å². The highest BCUT2D eigenvalue weighted by molar-refractivity contribution is 9.10. The van der Waals surface area contributed by atoms with Gasteiger partial charge in [-0.05, 0) is 5.56 Å². The number of non-ortho nitro benzene ring substituents is 1. The van der Waals surface area contributed by atoms with Crippen molar-refractivity contribution in [3.63, 3.8) is 0 Å². The van der Waals surface area contributed by atoms with E-state index in [1.165, 1.54) is 29.7 Å². The fraction of sp³-hybridized carbons (Fsp3) is 0. The van der Waals surface area contributed by atoms with E-state index in [4.69, 9.17) is 0 Å². The second-order valence-electron chi connectivity index (χ2n) is 3.18. The van der Waals surface area contributed by atoms with Gasteiger partial charge in [0.05, 0.1) is 4.92 Å². The number of aromatic nitrogens is 1. The van der Waals surface area contributed by atoms with Gasteiger partial charge in [-0.2, -0.15) is 0 Å². The Morgan fingerprint density at radius 3 is 2.89 bits per heavy atom. The molecule has 0 saturated carbocycles. The first-order valence-electron chi connectivity index (χ1n) is 4.66. The molecule has 0 aliphatic heterocycles. The molecule has 0 spiro atoms. The van der Waals surface area contributed by atoms with Crippen LogP contribution >= 0.6 is 27.3 Å². The monoisotopic (exact) mass is 326 g/mol. The van der Waals surface area contributed by atoms with E-state index < -0.39 is 4.92 Å². The third kappa shape index (κ3) is 2.71. The lowest BCUT2D eigenvalue weighted by molar-refractivity contribution is -0.385. The molecule has 2 aromatic rings. The zero-order valence-electron chi connectivity index (χ0n) is 8.74. The molecule has 0 aliphatic rings. The van der Waals surface area contributed by atoms with Gasteiger partial charge in [0.25, 0.3) is 5.69 Å². The van der Waals surface area contributed by atoms with Crippen LogP contribution in [0.1, 0.15) is 5.56 Å². The average molecular weight is 327 g/mol. The normalized spacial score (nSPS) is 10.9. The topological polar surface area (TPSA) is 91.5 Å². The summed E-state index contributed by atoms with van der Waals surface area (Å²) in [5, 5.41) is 24.6. The second-order valence-corrected chi connectivity index (χ2v) is 4.90. The zero-order chi connectivity index (χ0) is 13.1. The van der Waals surface area contributed by atoms with Gasteiger partial charge in [-0.1, -0.05) is 21.7 Å². The van der Waals surface area contributed by atoms with Gasteiger partial charge in [-0.3, -0.25) is 10.1 Å². The molecule has 0 atom stereocenters. The zero-order valence-corrected chi connectivity index (χ0v) is 11.1. The van der Waals surface area contributed by atoms with E-state index >= 15 is 0 Å². The Bertz CT molecular complexity index is 613. The third-order valence-corrected chi connectivity index (χ3v) is 3.27. The lowest BCUT2D eigenvalue weighted by Gasteiger charge is -2.11. The van der Waals surface area contributed by atoms with Crippen LogP contribution in [-0.4, -0.2) is 16.1 Å². The molecule has 0 N–H and O–H groups in total. The highest BCUT2D eigenvalue weighted by Gasteiger charge is 2.09. The molecule has 1 aromatic carbocycles. The number of hydrogen-bond donors (Lipinski definition) is 0. The van der Waals surface area contributed by atoms with Crippen LogP contribution < -0.4 is 5.11 Å². The van der Waals surface area contributed by atoms with Crippen molar-refractivity contribution in [2.75, 3.05) is 0 Å². The predicted molar refractivity (Wildman–Crippen MR) is 69.6 cm³/mol. The van der Waals surface area contributed by atoms with Crippen molar-refractivity contribution in [2.24, 2.45) is 4.99 Å². The van der Waals surface area contributed by atoms with E-state index in [1.54, 1.807) is 11.6 Å². The number of rotatable bonds is 3. The Kier molecular flexibility index (Phi) is 3.68. The minimum atomic E-state index is -0.565. The third-order valence-electron chi connectivity index (χ3n) is 2.00. The summed E-state index contributed by atoms with van der Waals surface area (Å²) < 4.78 is 0.136. The second kappa shape index (κ2) is 5.23. The Morgan fingerprint density at radius 2 is 2.28 bits per heavy atom. The van der Waals surface area contributed by atoms with E-state index in [9.17, 15) is 15.2 Å². The van der Waals surface area contributed by atoms with E-state index in [2.05, 4.69) is 25.9 Å². The number of aliphatic imine (C=N–C) groups is 1. The van der Waals surface area contributed by atoms with Crippen molar-refractivity contribution in [2.45, 2.75) is 0 Å². The molecule has 0 radical (unpaired) electrons. The number of nitro benzene ring substituents is 1. The summed E-state index contributed by atoms with van der Waals surface area (Å²) in [5.41, 5.74) is -0.0201. The Hall–Kier alpha value is -1.80. The molecular formula is C10H5BrN3O3S-. The number of hydrogen-bond acceptors (Lipinski definition) is 6. The van der Waals surface area contributed by atoms with Gasteiger partial charge < -0.3 is 5.11 Å². The molecule has 8 heteroatoms. The van der Waals surface area contributed by atoms with Gasteiger partial charge in [-0.15, -0.1) is 11.3 Å². The molecule has 0 aliphatic carbocycles. The van der Waals surface area contributed by atoms with Gasteiger partial charge >= 0.3 is 0 Å². The van der Waals surface area contributed by atoms with Crippen LogP contribution in [-0.2, 0) is 0 Å². The van der Waals surface area contributed by atoms with E-state index in [-0.39, 0.29) is 21.5 Å². The SMILES string of the molecule is O=[N+]([O-])c1cc(Br)c([O-])c(C=Nc2nccs2)c1. The quantitative estimate of drug-likeness (QED) is 0.492. The lowest BCUT2D eigenvalue weighted by atomic mass is 10.2. The highest BCUT2D eigenvalue weighted by Crippen LogP contribution is 2.29.